The smallest absolute Gasteiger partial charge is 0.0332 e. The van der Waals surface area contributed by atoms with Crippen molar-refractivity contribution in [2.75, 3.05) is 0 Å². The molecule has 3 aromatic rings. The van der Waals surface area contributed by atoms with Gasteiger partial charge < -0.3 is 4.57 Å². The summed E-state index contributed by atoms with van der Waals surface area (Å²) in [5, 5.41) is 5.41. The third-order valence-electron chi connectivity index (χ3n) is 3.50. The summed E-state index contributed by atoms with van der Waals surface area (Å²) in [5.74, 6) is 0. The number of hydrogen-bond donors (Lipinski definition) is 0. The van der Waals surface area contributed by atoms with E-state index in [2.05, 4.69) is 53.4 Å². The van der Waals surface area contributed by atoms with Gasteiger partial charge in [-0.1, -0.05) is 24.3 Å². The fraction of sp³-hybridized carbons (Fsp3) is 0.200. The summed E-state index contributed by atoms with van der Waals surface area (Å²) < 4.78 is 2.38. The van der Waals surface area contributed by atoms with Crippen molar-refractivity contribution in [3.05, 3.63) is 48.8 Å². The molecule has 0 spiro atoms. The number of aromatic nitrogens is 1. The second-order valence-electron chi connectivity index (χ2n) is 4.76. The van der Waals surface area contributed by atoms with Crippen LogP contribution in [0.3, 0.4) is 0 Å². The van der Waals surface area contributed by atoms with Crippen LogP contribution in [0.2, 0.25) is 0 Å². The van der Waals surface area contributed by atoms with Crippen LogP contribution in [0.4, 0.5) is 0 Å². The first-order valence-corrected chi connectivity index (χ1v) is 5.90. The second-order valence-corrected chi connectivity index (χ2v) is 4.76. The lowest BCUT2D eigenvalue weighted by Gasteiger charge is -1.96. The van der Waals surface area contributed by atoms with Gasteiger partial charge in [-0.25, -0.2) is 0 Å². The Hall–Kier alpha value is -1.76. The molecule has 1 nitrogen and oxygen atoms in total. The SMILES string of the molecule is c1ccc2cc3cn(C4CC4)cc3cc2c1. The van der Waals surface area contributed by atoms with Crippen molar-refractivity contribution < 1.29 is 0 Å². The predicted molar refractivity (Wildman–Crippen MR) is 67.7 cm³/mol. The summed E-state index contributed by atoms with van der Waals surface area (Å²) in [6.07, 6.45) is 7.28. The highest BCUT2D eigenvalue weighted by molar-refractivity contribution is 5.98. The Bertz CT molecular complexity index is 622. The standard InChI is InChI=1S/C15H13N/c1-2-4-12-8-14-10-16(15-5-6-15)9-13(14)7-11(12)3-1/h1-4,7-10,15H,5-6H2. The Morgan fingerprint density at radius 1 is 0.812 bits per heavy atom. The Labute approximate surface area is 94.3 Å². The van der Waals surface area contributed by atoms with Crippen LogP contribution in [-0.2, 0) is 0 Å². The molecule has 2 aromatic carbocycles. The molecule has 1 heteroatoms. The lowest BCUT2D eigenvalue weighted by Crippen LogP contribution is -1.85. The molecule has 0 amide bonds. The van der Waals surface area contributed by atoms with E-state index in [0.29, 0.717) is 0 Å². The highest BCUT2D eigenvalue weighted by Gasteiger charge is 2.22. The van der Waals surface area contributed by atoms with Gasteiger partial charge in [-0.15, -0.1) is 0 Å². The van der Waals surface area contributed by atoms with E-state index >= 15 is 0 Å². The van der Waals surface area contributed by atoms with Crippen LogP contribution in [0.5, 0.6) is 0 Å². The van der Waals surface area contributed by atoms with Gasteiger partial charge in [0, 0.05) is 18.4 Å². The lowest BCUT2D eigenvalue weighted by atomic mass is 10.1. The molecule has 16 heavy (non-hydrogen) atoms. The quantitative estimate of drug-likeness (QED) is 0.565. The average Bonchev–Trinajstić information content (AvgIpc) is 3.07. The summed E-state index contributed by atoms with van der Waals surface area (Å²) in [7, 11) is 0. The fourth-order valence-electron chi connectivity index (χ4n) is 2.44. The van der Waals surface area contributed by atoms with Crippen molar-refractivity contribution in [2.24, 2.45) is 0 Å². The van der Waals surface area contributed by atoms with E-state index in [9.17, 15) is 0 Å². The first-order chi connectivity index (χ1) is 7.90. The summed E-state index contributed by atoms with van der Waals surface area (Å²) >= 11 is 0. The van der Waals surface area contributed by atoms with E-state index in [1.807, 2.05) is 0 Å². The first-order valence-electron chi connectivity index (χ1n) is 5.90. The maximum absolute atomic E-state index is 2.38. The zero-order valence-electron chi connectivity index (χ0n) is 9.06. The lowest BCUT2D eigenvalue weighted by molar-refractivity contribution is 0.751. The maximum Gasteiger partial charge on any atom is 0.0332 e. The van der Waals surface area contributed by atoms with Gasteiger partial charge in [-0.3, -0.25) is 0 Å². The van der Waals surface area contributed by atoms with E-state index < -0.39 is 0 Å². The van der Waals surface area contributed by atoms with Crippen molar-refractivity contribution in [2.45, 2.75) is 18.9 Å². The second kappa shape index (κ2) is 2.88. The Kier molecular flexibility index (Phi) is 1.51. The number of benzene rings is 2. The van der Waals surface area contributed by atoms with E-state index in [-0.39, 0.29) is 0 Å². The molecule has 0 unspecified atom stereocenters. The predicted octanol–water partition coefficient (Wildman–Crippen LogP) is 4.13. The van der Waals surface area contributed by atoms with Gasteiger partial charge in [0.1, 0.15) is 0 Å². The fourth-order valence-corrected chi connectivity index (χ4v) is 2.44. The Morgan fingerprint density at radius 3 is 1.88 bits per heavy atom. The van der Waals surface area contributed by atoms with Gasteiger partial charge in [-0.05, 0) is 46.5 Å². The van der Waals surface area contributed by atoms with E-state index in [1.54, 1.807) is 0 Å². The molecule has 1 fully saturated rings. The molecular formula is C15H13N. The number of rotatable bonds is 1. The number of hydrogen-bond acceptors (Lipinski definition) is 0. The van der Waals surface area contributed by atoms with Crippen LogP contribution in [0.25, 0.3) is 21.5 Å². The van der Waals surface area contributed by atoms with E-state index in [1.165, 1.54) is 34.4 Å². The van der Waals surface area contributed by atoms with Crippen LogP contribution in [0.15, 0.2) is 48.8 Å². The summed E-state index contributed by atoms with van der Waals surface area (Å²) in [5.41, 5.74) is 0. The molecule has 0 bridgehead atoms. The molecule has 1 saturated carbocycles. The molecule has 1 aromatic heterocycles. The van der Waals surface area contributed by atoms with E-state index in [0.717, 1.165) is 6.04 Å². The van der Waals surface area contributed by atoms with Gasteiger partial charge in [-0.2, -0.15) is 0 Å². The van der Waals surface area contributed by atoms with Crippen LogP contribution in [0, 0.1) is 0 Å². The molecule has 0 atom stereocenters. The van der Waals surface area contributed by atoms with Crippen LogP contribution in [-0.4, -0.2) is 4.57 Å². The summed E-state index contributed by atoms with van der Waals surface area (Å²) in [6, 6.07) is 13.9. The minimum Gasteiger partial charge on any atom is -0.350 e. The topological polar surface area (TPSA) is 4.93 Å². The van der Waals surface area contributed by atoms with Crippen LogP contribution >= 0.6 is 0 Å². The Morgan fingerprint density at radius 2 is 1.38 bits per heavy atom. The van der Waals surface area contributed by atoms with Crippen molar-refractivity contribution in [3.8, 4) is 0 Å². The number of nitrogens with zero attached hydrogens (tertiary/aromatic N) is 1. The van der Waals surface area contributed by atoms with Crippen molar-refractivity contribution in [1.29, 1.82) is 0 Å². The van der Waals surface area contributed by atoms with Gasteiger partial charge in [0.25, 0.3) is 0 Å². The monoisotopic (exact) mass is 207 g/mol. The normalized spacial score (nSPS) is 16.0. The molecular weight excluding hydrogens is 194 g/mol. The highest BCUT2D eigenvalue weighted by atomic mass is 15.0. The molecule has 0 radical (unpaired) electrons. The molecule has 4 rings (SSSR count). The van der Waals surface area contributed by atoms with Crippen LogP contribution in [0.1, 0.15) is 18.9 Å². The van der Waals surface area contributed by atoms with Gasteiger partial charge in [0.2, 0.25) is 0 Å². The third kappa shape index (κ3) is 1.18. The molecule has 1 heterocycles. The Balaban J connectivity index is 2.04. The van der Waals surface area contributed by atoms with Crippen LogP contribution < -0.4 is 0 Å². The minimum absolute atomic E-state index is 0.774. The van der Waals surface area contributed by atoms with Crippen molar-refractivity contribution in [3.63, 3.8) is 0 Å². The molecule has 1 aliphatic carbocycles. The molecule has 78 valence electrons. The third-order valence-corrected chi connectivity index (χ3v) is 3.50. The maximum atomic E-state index is 2.38. The minimum atomic E-state index is 0.774. The zero-order valence-corrected chi connectivity index (χ0v) is 9.06. The zero-order chi connectivity index (χ0) is 10.5. The van der Waals surface area contributed by atoms with Gasteiger partial charge in [0.05, 0.1) is 0 Å². The van der Waals surface area contributed by atoms with E-state index in [4.69, 9.17) is 0 Å². The molecule has 0 aliphatic heterocycles. The number of fused-ring (bicyclic) bond motifs is 2. The molecule has 1 aliphatic rings. The molecule has 0 N–H and O–H groups in total. The largest absolute Gasteiger partial charge is 0.350 e. The van der Waals surface area contributed by atoms with Gasteiger partial charge >= 0.3 is 0 Å². The van der Waals surface area contributed by atoms with Gasteiger partial charge in [0.15, 0.2) is 0 Å². The van der Waals surface area contributed by atoms with Crippen molar-refractivity contribution >= 4 is 21.5 Å². The first kappa shape index (κ1) is 8.40. The highest BCUT2D eigenvalue weighted by Crippen LogP contribution is 2.37. The summed E-state index contributed by atoms with van der Waals surface area (Å²) in [6.45, 7) is 0. The summed E-state index contributed by atoms with van der Waals surface area (Å²) in [4.78, 5) is 0. The molecule has 0 saturated heterocycles. The van der Waals surface area contributed by atoms with Crippen molar-refractivity contribution in [1.82, 2.24) is 4.57 Å². The average molecular weight is 207 g/mol.